The van der Waals surface area contributed by atoms with Crippen molar-refractivity contribution in [3.63, 3.8) is 0 Å². The van der Waals surface area contributed by atoms with E-state index in [1.165, 1.54) is 11.5 Å². The summed E-state index contributed by atoms with van der Waals surface area (Å²) in [6.07, 6.45) is 2.01. The highest BCUT2D eigenvalue weighted by Crippen LogP contribution is 2.28. The molecule has 0 aliphatic heterocycles. The van der Waals surface area contributed by atoms with Gasteiger partial charge in [0, 0.05) is 16.4 Å². The number of rotatable bonds is 4. The summed E-state index contributed by atoms with van der Waals surface area (Å²) >= 11 is 8.70. The van der Waals surface area contributed by atoms with Gasteiger partial charge in [0.05, 0.1) is 0 Å². The van der Waals surface area contributed by atoms with Crippen molar-refractivity contribution in [2.45, 2.75) is 11.5 Å². The quantitative estimate of drug-likeness (QED) is 0.798. The summed E-state index contributed by atoms with van der Waals surface area (Å²) in [6.45, 7) is 0.354. The van der Waals surface area contributed by atoms with Gasteiger partial charge < -0.3 is 4.74 Å². The van der Waals surface area contributed by atoms with Crippen LogP contribution in [0.25, 0.3) is 0 Å². The Bertz CT molecular complexity index is 475. The molecule has 0 radical (unpaired) electrons. The fourth-order valence-corrected chi connectivity index (χ4v) is 2.31. The minimum absolute atomic E-state index is 0.354. The van der Waals surface area contributed by atoms with Crippen molar-refractivity contribution in [1.29, 1.82) is 0 Å². The molecule has 0 saturated heterocycles. The summed E-state index contributed by atoms with van der Waals surface area (Å²) in [4.78, 5) is 1.10. The third-order valence-electron chi connectivity index (χ3n) is 1.94. The van der Waals surface area contributed by atoms with Gasteiger partial charge in [-0.15, -0.1) is 16.9 Å². The standard InChI is InChI=1S/C10H9ClN2OS2/c1-15-9-5-3-2-4-8(9)14-6-7-10(11)16-13-12-7/h2-5H,6H2,1H3. The maximum atomic E-state index is 5.89. The summed E-state index contributed by atoms with van der Waals surface area (Å²) in [6, 6.07) is 7.87. The molecule has 1 heterocycles. The monoisotopic (exact) mass is 272 g/mol. The Morgan fingerprint density at radius 2 is 2.25 bits per heavy atom. The Hall–Kier alpha value is -0.780. The fraction of sp³-hybridized carbons (Fsp3) is 0.200. The van der Waals surface area contributed by atoms with Crippen LogP contribution in [0.15, 0.2) is 29.2 Å². The van der Waals surface area contributed by atoms with E-state index in [0.717, 1.165) is 10.6 Å². The van der Waals surface area contributed by atoms with Gasteiger partial charge in [0.2, 0.25) is 0 Å². The summed E-state index contributed by atoms with van der Waals surface area (Å²) in [5.74, 6) is 0.846. The van der Waals surface area contributed by atoms with Gasteiger partial charge in [0.15, 0.2) is 0 Å². The predicted octanol–water partition coefficient (Wildman–Crippen LogP) is 3.49. The molecular weight excluding hydrogens is 264 g/mol. The molecule has 1 aromatic heterocycles. The van der Waals surface area contributed by atoms with Crippen LogP contribution in [0.2, 0.25) is 4.34 Å². The van der Waals surface area contributed by atoms with E-state index in [0.29, 0.717) is 16.6 Å². The van der Waals surface area contributed by atoms with Crippen molar-refractivity contribution in [3.05, 3.63) is 34.3 Å². The van der Waals surface area contributed by atoms with Gasteiger partial charge in [0.25, 0.3) is 0 Å². The summed E-state index contributed by atoms with van der Waals surface area (Å²) in [5.41, 5.74) is 0.683. The van der Waals surface area contributed by atoms with Crippen LogP contribution >= 0.6 is 34.9 Å². The largest absolute Gasteiger partial charge is 0.486 e. The second-order valence-corrected chi connectivity index (χ2v) is 5.14. The molecular formula is C10H9ClN2OS2. The van der Waals surface area contributed by atoms with Crippen LogP contribution in [0, 0.1) is 0 Å². The van der Waals surface area contributed by atoms with Crippen LogP contribution in [0.5, 0.6) is 5.75 Å². The fourth-order valence-electron chi connectivity index (χ4n) is 1.17. The number of hydrogen-bond acceptors (Lipinski definition) is 5. The van der Waals surface area contributed by atoms with E-state index in [1.807, 2.05) is 30.5 Å². The Morgan fingerprint density at radius 3 is 2.94 bits per heavy atom. The molecule has 16 heavy (non-hydrogen) atoms. The van der Waals surface area contributed by atoms with E-state index < -0.39 is 0 Å². The Labute approximate surface area is 107 Å². The van der Waals surface area contributed by atoms with E-state index in [1.54, 1.807) is 11.8 Å². The first-order valence-corrected chi connectivity index (χ1v) is 6.91. The highest BCUT2D eigenvalue weighted by atomic mass is 35.5. The van der Waals surface area contributed by atoms with Gasteiger partial charge in [-0.3, -0.25) is 0 Å². The van der Waals surface area contributed by atoms with Crippen molar-refractivity contribution >= 4 is 34.9 Å². The van der Waals surface area contributed by atoms with Crippen LogP contribution in [-0.4, -0.2) is 15.8 Å². The second-order valence-electron chi connectivity index (χ2n) is 2.93. The van der Waals surface area contributed by atoms with E-state index in [2.05, 4.69) is 9.59 Å². The Kier molecular flexibility index (Phi) is 4.04. The normalized spacial score (nSPS) is 10.4. The van der Waals surface area contributed by atoms with Gasteiger partial charge in [-0.2, -0.15) is 0 Å². The van der Waals surface area contributed by atoms with Gasteiger partial charge in [-0.25, -0.2) is 0 Å². The number of nitrogens with zero attached hydrogens (tertiary/aromatic N) is 2. The molecule has 0 saturated carbocycles. The molecule has 0 aliphatic rings. The summed E-state index contributed by atoms with van der Waals surface area (Å²) < 4.78 is 9.99. The first-order valence-electron chi connectivity index (χ1n) is 4.54. The van der Waals surface area contributed by atoms with Crippen LogP contribution in [0.4, 0.5) is 0 Å². The molecule has 0 N–H and O–H groups in total. The average Bonchev–Trinajstić information content (AvgIpc) is 2.72. The number of aromatic nitrogens is 2. The number of halogens is 1. The molecule has 0 aliphatic carbocycles. The topological polar surface area (TPSA) is 35.0 Å². The highest BCUT2D eigenvalue weighted by molar-refractivity contribution is 7.98. The van der Waals surface area contributed by atoms with E-state index in [-0.39, 0.29) is 0 Å². The first kappa shape index (κ1) is 11.7. The lowest BCUT2D eigenvalue weighted by Crippen LogP contribution is -1.97. The van der Waals surface area contributed by atoms with Crippen molar-refractivity contribution in [1.82, 2.24) is 9.59 Å². The predicted molar refractivity (Wildman–Crippen MR) is 67.5 cm³/mol. The zero-order valence-electron chi connectivity index (χ0n) is 8.51. The molecule has 84 valence electrons. The summed E-state index contributed by atoms with van der Waals surface area (Å²) in [7, 11) is 0. The van der Waals surface area contributed by atoms with E-state index in [4.69, 9.17) is 16.3 Å². The molecule has 0 spiro atoms. The van der Waals surface area contributed by atoms with Crippen molar-refractivity contribution < 1.29 is 4.74 Å². The van der Waals surface area contributed by atoms with Crippen molar-refractivity contribution in [2.75, 3.05) is 6.26 Å². The molecule has 1 aromatic carbocycles. The maximum Gasteiger partial charge on any atom is 0.141 e. The third kappa shape index (κ3) is 2.66. The van der Waals surface area contributed by atoms with Crippen molar-refractivity contribution in [3.8, 4) is 5.75 Å². The molecule has 0 atom stereocenters. The molecule has 0 fully saturated rings. The van der Waals surface area contributed by atoms with Crippen LogP contribution in [0.3, 0.4) is 0 Å². The minimum atomic E-state index is 0.354. The lowest BCUT2D eigenvalue weighted by Gasteiger charge is -2.08. The average molecular weight is 273 g/mol. The maximum absolute atomic E-state index is 5.89. The SMILES string of the molecule is CSc1ccccc1OCc1nnsc1Cl. The van der Waals surface area contributed by atoms with Crippen LogP contribution in [-0.2, 0) is 6.61 Å². The number of thioether (sulfide) groups is 1. The molecule has 2 aromatic rings. The lowest BCUT2D eigenvalue weighted by atomic mass is 10.3. The van der Waals surface area contributed by atoms with Crippen molar-refractivity contribution in [2.24, 2.45) is 0 Å². The molecule has 0 amide bonds. The number of hydrogen-bond donors (Lipinski definition) is 0. The highest BCUT2D eigenvalue weighted by Gasteiger charge is 2.07. The molecule has 0 unspecified atom stereocenters. The van der Waals surface area contributed by atoms with Gasteiger partial charge in [0.1, 0.15) is 22.4 Å². The van der Waals surface area contributed by atoms with Crippen LogP contribution < -0.4 is 4.74 Å². The van der Waals surface area contributed by atoms with E-state index in [9.17, 15) is 0 Å². The molecule has 6 heteroatoms. The molecule has 0 bridgehead atoms. The van der Waals surface area contributed by atoms with Gasteiger partial charge >= 0.3 is 0 Å². The first-order chi connectivity index (χ1) is 7.81. The third-order valence-corrected chi connectivity index (χ3v) is 3.70. The van der Waals surface area contributed by atoms with E-state index >= 15 is 0 Å². The number of benzene rings is 1. The molecule has 3 nitrogen and oxygen atoms in total. The lowest BCUT2D eigenvalue weighted by molar-refractivity contribution is 0.294. The smallest absolute Gasteiger partial charge is 0.141 e. The Balaban J connectivity index is 2.07. The number of ether oxygens (including phenoxy) is 1. The number of para-hydroxylation sites is 1. The molecule has 2 rings (SSSR count). The zero-order chi connectivity index (χ0) is 11.4. The van der Waals surface area contributed by atoms with Gasteiger partial charge in [-0.05, 0) is 18.4 Å². The Morgan fingerprint density at radius 1 is 1.44 bits per heavy atom. The summed E-state index contributed by atoms with van der Waals surface area (Å²) in [5, 5.41) is 3.89. The zero-order valence-corrected chi connectivity index (χ0v) is 10.9. The van der Waals surface area contributed by atoms with Gasteiger partial charge in [-0.1, -0.05) is 28.2 Å². The minimum Gasteiger partial charge on any atom is -0.486 e. The second kappa shape index (κ2) is 5.52. The van der Waals surface area contributed by atoms with Crippen LogP contribution in [0.1, 0.15) is 5.69 Å².